The second-order valence-corrected chi connectivity index (χ2v) is 7.36. The molecular weight excluding hydrogens is 449 g/mol. The van der Waals surface area contributed by atoms with Gasteiger partial charge in [-0.15, -0.1) is 0 Å². The van der Waals surface area contributed by atoms with E-state index in [9.17, 15) is 9.59 Å². The predicted molar refractivity (Wildman–Crippen MR) is 120 cm³/mol. The molecule has 2 aromatic carbocycles. The number of benzene rings is 2. The van der Waals surface area contributed by atoms with Crippen molar-refractivity contribution in [1.82, 2.24) is 16.2 Å². The van der Waals surface area contributed by atoms with Gasteiger partial charge in [0.2, 0.25) is 0 Å². The minimum atomic E-state index is -0.884. The van der Waals surface area contributed by atoms with E-state index < -0.39 is 17.9 Å². The van der Waals surface area contributed by atoms with E-state index in [4.69, 9.17) is 44.9 Å². The van der Waals surface area contributed by atoms with Gasteiger partial charge in [-0.25, -0.2) is 0 Å². The fourth-order valence-electron chi connectivity index (χ4n) is 2.16. The molecule has 0 saturated carbocycles. The van der Waals surface area contributed by atoms with Crippen molar-refractivity contribution in [2.45, 2.75) is 26.4 Å². The standard InChI is InChI=1S/C20H21Cl2N3O4S/c1-3-10-28-15-7-4-13(5-8-15)19(27)23-20(30)25-24-18(26)12(2)29-17-9-6-14(21)11-16(17)22/h4-9,11-12H,3,10H2,1-2H3,(H,24,26)(H2,23,25,27,30). The van der Waals surface area contributed by atoms with Crippen molar-refractivity contribution in [3.05, 3.63) is 58.1 Å². The van der Waals surface area contributed by atoms with Crippen molar-refractivity contribution < 1.29 is 19.1 Å². The number of amides is 2. The molecule has 0 heterocycles. The SMILES string of the molecule is CCCOc1ccc(C(=O)NC(=S)NNC(=O)C(C)Oc2ccc(Cl)cc2Cl)cc1. The van der Waals surface area contributed by atoms with E-state index in [1.807, 2.05) is 6.92 Å². The lowest BCUT2D eigenvalue weighted by molar-refractivity contribution is -0.127. The van der Waals surface area contributed by atoms with Gasteiger partial charge in [-0.05, 0) is 68.0 Å². The van der Waals surface area contributed by atoms with Crippen molar-refractivity contribution in [1.29, 1.82) is 0 Å². The number of carbonyl (C=O) groups is 2. The van der Waals surface area contributed by atoms with E-state index in [-0.39, 0.29) is 10.1 Å². The van der Waals surface area contributed by atoms with Crippen LogP contribution >= 0.6 is 35.4 Å². The Bertz CT molecular complexity index is 909. The number of thiocarbonyl (C=S) groups is 1. The smallest absolute Gasteiger partial charge is 0.279 e. The Balaban J connectivity index is 1.80. The molecule has 0 bridgehead atoms. The first-order valence-electron chi connectivity index (χ1n) is 9.06. The normalized spacial score (nSPS) is 11.2. The summed E-state index contributed by atoms with van der Waals surface area (Å²) >= 11 is 16.9. The molecule has 2 aromatic rings. The Labute approximate surface area is 190 Å². The monoisotopic (exact) mass is 469 g/mol. The molecule has 7 nitrogen and oxygen atoms in total. The lowest BCUT2D eigenvalue weighted by atomic mass is 10.2. The number of carbonyl (C=O) groups excluding carboxylic acids is 2. The number of nitrogens with one attached hydrogen (secondary N) is 3. The molecule has 2 amide bonds. The van der Waals surface area contributed by atoms with Crippen LogP contribution in [0.15, 0.2) is 42.5 Å². The maximum atomic E-state index is 12.2. The second-order valence-electron chi connectivity index (χ2n) is 6.11. The highest BCUT2D eigenvalue weighted by molar-refractivity contribution is 7.80. The van der Waals surface area contributed by atoms with Crippen molar-refractivity contribution in [3.63, 3.8) is 0 Å². The zero-order valence-electron chi connectivity index (χ0n) is 16.3. The van der Waals surface area contributed by atoms with Crippen LogP contribution < -0.4 is 25.6 Å². The maximum absolute atomic E-state index is 12.2. The van der Waals surface area contributed by atoms with E-state index in [2.05, 4.69) is 16.2 Å². The molecule has 0 radical (unpaired) electrons. The summed E-state index contributed by atoms with van der Waals surface area (Å²) in [7, 11) is 0. The summed E-state index contributed by atoms with van der Waals surface area (Å²) in [5, 5.41) is 3.13. The van der Waals surface area contributed by atoms with Gasteiger partial charge in [0.15, 0.2) is 11.2 Å². The fraction of sp³-hybridized carbons (Fsp3) is 0.250. The van der Waals surface area contributed by atoms with Gasteiger partial charge in [0.05, 0.1) is 11.6 Å². The third-order valence-corrected chi connectivity index (χ3v) is 4.42. The zero-order valence-corrected chi connectivity index (χ0v) is 18.7. The Morgan fingerprint density at radius 1 is 1.10 bits per heavy atom. The Morgan fingerprint density at radius 2 is 1.80 bits per heavy atom. The van der Waals surface area contributed by atoms with E-state index in [1.165, 1.54) is 13.0 Å². The molecule has 1 unspecified atom stereocenters. The molecule has 0 spiro atoms. The molecular formula is C20H21Cl2N3O4S. The summed E-state index contributed by atoms with van der Waals surface area (Å²) in [6, 6.07) is 11.3. The number of ether oxygens (including phenoxy) is 2. The number of hydrogen-bond donors (Lipinski definition) is 3. The topological polar surface area (TPSA) is 88.7 Å². The van der Waals surface area contributed by atoms with Gasteiger partial charge < -0.3 is 9.47 Å². The molecule has 0 aromatic heterocycles. The number of rotatable bonds is 7. The van der Waals surface area contributed by atoms with Crippen LogP contribution in [0.3, 0.4) is 0 Å². The van der Waals surface area contributed by atoms with Crippen LogP contribution in [0, 0.1) is 0 Å². The Hall–Kier alpha value is -2.55. The van der Waals surface area contributed by atoms with Crippen LogP contribution in [-0.4, -0.2) is 29.6 Å². The fourth-order valence-corrected chi connectivity index (χ4v) is 2.76. The average Bonchev–Trinajstić information content (AvgIpc) is 2.72. The third-order valence-electron chi connectivity index (χ3n) is 3.68. The molecule has 0 aliphatic heterocycles. The van der Waals surface area contributed by atoms with Crippen LogP contribution in [0.2, 0.25) is 10.0 Å². The maximum Gasteiger partial charge on any atom is 0.279 e. The molecule has 0 saturated heterocycles. The molecule has 1 atom stereocenters. The summed E-state index contributed by atoms with van der Waals surface area (Å²) < 4.78 is 11.0. The highest BCUT2D eigenvalue weighted by Gasteiger charge is 2.17. The van der Waals surface area contributed by atoms with Gasteiger partial charge in [-0.3, -0.25) is 25.8 Å². The number of hydrazine groups is 1. The highest BCUT2D eigenvalue weighted by atomic mass is 35.5. The molecule has 0 fully saturated rings. The van der Waals surface area contributed by atoms with Crippen molar-refractivity contribution in [2.75, 3.05) is 6.61 Å². The molecule has 30 heavy (non-hydrogen) atoms. The summed E-state index contributed by atoms with van der Waals surface area (Å²) in [6.07, 6.45) is 0.00921. The van der Waals surface area contributed by atoms with Crippen molar-refractivity contribution >= 4 is 52.3 Å². The first-order chi connectivity index (χ1) is 14.3. The van der Waals surface area contributed by atoms with E-state index in [0.717, 1.165) is 6.42 Å². The van der Waals surface area contributed by atoms with Gasteiger partial charge in [0.1, 0.15) is 11.5 Å². The van der Waals surface area contributed by atoms with Gasteiger partial charge in [-0.2, -0.15) is 0 Å². The first kappa shape index (κ1) is 23.7. The largest absolute Gasteiger partial charge is 0.494 e. The summed E-state index contributed by atoms with van der Waals surface area (Å²) in [6.45, 7) is 4.14. The number of halogens is 2. The molecule has 0 aliphatic carbocycles. The highest BCUT2D eigenvalue weighted by Crippen LogP contribution is 2.28. The van der Waals surface area contributed by atoms with Crippen LogP contribution in [0.1, 0.15) is 30.6 Å². The predicted octanol–water partition coefficient (Wildman–Crippen LogP) is 3.89. The Morgan fingerprint density at radius 3 is 2.43 bits per heavy atom. The molecule has 3 N–H and O–H groups in total. The zero-order chi connectivity index (χ0) is 22.1. The van der Waals surface area contributed by atoms with Gasteiger partial charge in [0.25, 0.3) is 11.8 Å². The Kier molecular flexibility index (Phi) is 9.16. The van der Waals surface area contributed by atoms with Crippen molar-refractivity contribution in [3.8, 4) is 11.5 Å². The minimum absolute atomic E-state index is 0.0728. The van der Waals surface area contributed by atoms with E-state index in [0.29, 0.717) is 28.7 Å². The lowest BCUT2D eigenvalue weighted by Crippen LogP contribution is -2.51. The van der Waals surface area contributed by atoms with Gasteiger partial charge in [0, 0.05) is 10.6 Å². The quantitative estimate of drug-likeness (QED) is 0.421. The summed E-state index contributed by atoms with van der Waals surface area (Å²) in [4.78, 5) is 24.4. The van der Waals surface area contributed by atoms with Crippen molar-refractivity contribution in [2.24, 2.45) is 0 Å². The van der Waals surface area contributed by atoms with E-state index in [1.54, 1.807) is 36.4 Å². The molecule has 10 heteroatoms. The lowest BCUT2D eigenvalue weighted by Gasteiger charge is -2.17. The second kappa shape index (κ2) is 11.6. The molecule has 2 rings (SSSR count). The van der Waals surface area contributed by atoms with Crippen LogP contribution in [0.25, 0.3) is 0 Å². The minimum Gasteiger partial charge on any atom is -0.494 e. The van der Waals surface area contributed by atoms with Crippen LogP contribution in [0.4, 0.5) is 0 Å². The van der Waals surface area contributed by atoms with Gasteiger partial charge in [-0.1, -0.05) is 30.1 Å². The molecule has 0 aliphatic rings. The average molecular weight is 470 g/mol. The van der Waals surface area contributed by atoms with Gasteiger partial charge >= 0.3 is 0 Å². The van der Waals surface area contributed by atoms with Crippen LogP contribution in [-0.2, 0) is 4.79 Å². The summed E-state index contributed by atoms with van der Waals surface area (Å²) in [5.74, 6) is 0.0400. The van der Waals surface area contributed by atoms with Crippen LogP contribution in [0.5, 0.6) is 11.5 Å². The third kappa shape index (κ3) is 7.37. The van der Waals surface area contributed by atoms with E-state index >= 15 is 0 Å². The molecule has 160 valence electrons. The number of hydrogen-bond acceptors (Lipinski definition) is 5. The summed E-state index contributed by atoms with van der Waals surface area (Å²) in [5.41, 5.74) is 5.21. The first-order valence-corrected chi connectivity index (χ1v) is 10.2.